The first-order valence-electron chi connectivity index (χ1n) is 8.37. The van der Waals surface area contributed by atoms with Crippen LogP contribution < -0.4 is 10.6 Å². The van der Waals surface area contributed by atoms with Gasteiger partial charge in [-0.2, -0.15) is 0 Å². The summed E-state index contributed by atoms with van der Waals surface area (Å²) < 4.78 is 4.88. The van der Waals surface area contributed by atoms with Gasteiger partial charge in [0, 0.05) is 18.2 Å². The lowest BCUT2D eigenvalue weighted by Crippen LogP contribution is -2.43. The minimum Gasteiger partial charge on any atom is -0.456 e. The normalized spacial score (nSPS) is 18.9. The molecule has 2 N–H and O–H groups in total. The Hall–Kier alpha value is -3.23. The number of ketones is 1. The molecule has 9 nitrogen and oxygen atoms in total. The van der Waals surface area contributed by atoms with Crippen molar-refractivity contribution in [2.75, 3.05) is 18.5 Å². The summed E-state index contributed by atoms with van der Waals surface area (Å²) in [5.41, 5.74) is -0.206. The van der Waals surface area contributed by atoms with Crippen LogP contribution in [0.4, 0.5) is 10.5 Å². The number of hydrogen-bond acceptors (Lipinski definition) is 6. The van der Waals surface area contributed by atoms with E-state index < -0.39 is 42.4 Å². The molecule has 4 amide bonds. The summed E-state index contributed by atoms with van der Waals surface area (Å²) in [5, 5.41) is 5.10. The first-order chi connectivity index (χ1) is 12.7. The molecule has 1 aliphatic rings. The van der Waals surface area contributed by atoms with E-state index in [9.17, 15) is 24.0 Å². The molecule has 1 aromatic carbocycles. The zero-order valence-electron chi connectivity index (χ0n) is 15.3. The minimum absolute atomic E-state index is 0.234. The van der Waals surface area contributed by atoms with E-state index in [1.165, 1.54) is 19.1 Å². The van der Waals surface area contributed by atoms with Crippen LogP contribution in [0.2, 0.25) is 0 Å². The van der Waals surface area contributed by atoms with E-state index in [4.69, 9.17) is 4.74 Å². The van der Waals surface area contributed by atoms with Crippen LogP contribution in [0, 0.1) is 0 Å². The molecule has 0 saturated carbocycles. The fraction of sp³-hybridized carbons (Fsp3) is 0.389. The number of nitrogens with zero attached hydrogens (tertiary/aromatic N) is 1. The number of esters is 1. The molecule has 1 fully saturated rings. The van der Waals surface area contributed by atoms with E-state index in [0.29, 0.717) is 17.7 Å². The van der Waals surface area contributed by atoms with Gasteiger partial charge in [-0.15, -0.1) is 0 Å². The van der Waals surface area contributed by atoms with E-state index in [2.05, 4.69) is 10.6 Å². The van der Waals surface area contributed by atoms with Crippen LogP contribution in [-0.2, 0) is 19.1 Å². The van der Waals surface area contributed by atoms with Gasteiger partial charge >= 0.3 is 12.0 Å². The van der Waals surface area contributed by atoms with Crippen LogP contribution in [0.5, 0.6) is 0 Å². The molecule has 144 valence electrons. The van der Waals surface area contributed by atoms with Crippen LogP contribution >= 0.6 is 0 Å². The number of urea groups is 1. The second-order valence-electron chi connectivity index (χ2n) is 6.35. The summed E-state index contributed by atoms with van der Waals surface area (Å²) in [7, 11) is 0. The Kier molecular flexibility index (Phi) is 5.94. The quantitative estimate of drug-likeness (QED) is 0.418. The van der Waals surface area contributed by atoms with Crippen molar-refractivity contribution in [2.24, 2.45) is 0 Å². The predicted octanol–water partition coefficient (Wildman–Crippen LogP) is 1.09. The molecular weight excluding hydrogens is 354 g/mol. The monoisotopic (exact) mass is 375 g/mol. The topological polar surface area (TPSA) is 122 Å². The largest absolute Gasteiger partial charge is 0.456 e. The molecule has 1 aliphatic heterocycles. The molecular formula is C18H21N3O6. The smallest absolute Gasteiger partial charge is 0.326 e. The third-order valence-electron chi connectivity index (χ3n) is 4.23. The fourth-order valence-electron chi connectivity index (χ4n) is 2.48. The molecule has 0 aliphatic carbocycles. The van der Waals surface area contributed by atoms with E-state index >= 15 is 0 Å². The lowest BCUT2D eigenvalue weighted by atomic mass is 9.99. The van der Waals surface area contributed by atoms with Crippen LogP contribution in [0.3, 0.4) is 0 Å². The highest BCUT2D eigenvalue weighted by Gasteiger charge is 2.47. The molecule has 1 heterocycles. The molecule has 2 rings (SSSR count). The summed E-state index contributed by atoms with van der Waals surface area (Å²) in [6.45, 7) is 3.61. The summed E-state index contributed by atoms with van der Waals surface area (Å²) in [4.78, 5) is 59.8. The number of carbonyl (C=O) groups is 5. The minimum atomic E-state index is -1.04. The summed E-state index contributed by atoms with van der Waals surface area (Å²) in [6.07, 6.45) is 0.385. The molecule has 9 heteroatoms. The van der Waals surface area contributed by atoms with Crippen LogP contribution in [0.15, 0.2) is 24.3 Å². The Morgan fingerprint density at radius 2 is 1.81 bits per heavy atom. The zero-order valence-corrected chi connectivity index (χ0v) is 15.3. The van der Waals surface area contributed by atoms with Crippen LogP contribution in [-0.4, -0.2) is 53.2 Å². The molecule has 1 saturated heterocycles. The van der Waals surface area contributed by atoms with Gasteiger partial charge in [0.05, 0.1) is 0 Å². The number of anilines is 1. The molecule has 27 heavy (non-hydrogen) atoms. The van der Waals surface area contributed by atoms with Crippen molar-refractivity contribution < 1.29 is 28.7 Å². The van der Waals surface area contributed by atoms with Crippen LogP contribution in [0.25, 0.3) is 0 Å². The molecule has 1 atom stereocenters. The van der Waals surface area contributed by atoms with Gasteiger partial charge < -0.3 is 15.4 Å². The van der Waals surface area contributed by atoms with Crippen molar-refractivity contribution in [2.45, 2.75) is 32.7 Å². The van der Waals surface area contributed by atoms with Crippen molar-refractivity contribution in [3.63, 3.8) is 0 Å². The van der Waals surface area contributed by atoms with Crippen molar-refractivity contribution in [3.8, 4) is 0 Å². The molecule has 0 unspecified atom stereocenters. The number of hydrogen-bond donors (Lipinski definition) is 2. The number of amides is 4. The van der Waals surface area contributed by atoms with Crippen molar-refractivity contribution >= 4 is 35.3 Å². The highest BCUT2D eigenvalue weighted by Crippen LogP contribution is 2.20. The number of carbonyl (C=O) groups excluding carboxylic acids is 5. The van der Waals surface area contributed by atoms with E-state index in [-0.39, 0.29) is 5.91 Å². The highest BCUT2D eigenvalue weighted by molar-refractivity contribution is 6.08. The maximum absolute atomic E-state index is 12.2. The summed E-state index contributed by atoms with van der Waals surface area (Å²) in [5.74, 6) is -2.05. The number of nitrogens with one attached hydrogen (secondary N) is 2. The molecule has 0 aromatic heterocycles. The second-order valence-corrected chi connectivity index (χ2v) is 6.35. The first-order valence-corrected chi connectivity index (χ1v) is 8.37. The van der Waals surface area contributed by atoms with Gasteiger partial charge in [-0.05, 0) is 37.6 Å². The molecule has 0 spiro atoms. The number of benzene rings is 1. The maximum atomic E-state index is 12.2. The Bertz CT molecular complexity index is 789. The van der Waals surface area contributed by atoms with Gasteiger partial charge in [-0.1, -0.05) is 6.92 Å². The lowest BCUT2D eigenvalue weighted by molar-refractivity contribution is -0.146. The second kappa shape index (κ2) is 7.98. The average molecular weight is 375 g/mol. The van der Waals surface area contributed by atoms with Gasteiger partial charge in [-0.3, -0.25) is 24.1 Å². The summed E-state index contributed by atoms with van der Waals surface area (Å²) >= 11 is 0. The van der Waals surface area contributed by atoms with Crippen LogP contribution in [0.1, 0.15) is 37.6 Å². The Balaban J connectivity index is 1.88. The Labute approximate surface area is 156 Å². The van der Waals surface area contributed by atoms with E-state index in [1.807, 2.05) is 0 Å². The molecule has 1 aromatic rings. The van der Waals surface area contributed by atoms with Gasteiger partial charge in [-0.25, -0.2) is 4.79 Å². The number of rotatable bonds is 7. The summed E-state index contributed by atoms with van der Waals surface area (Å²) in [6, 6.07) is 5.42. The molecule has 0 bridgehead atoms. The third kappa shape index (κ3) is 4.69. The lowest BCUT2D eigenvalue weighted by Gasteiger charge is -2.18. The van der Waals surface area contributed by atoms with Crippen molar-refractivity contribution in [3.05, 3.63) is 29.8 Å². The number of ether oxygens (including phenoxy) is 1. The highest BCUT2D eigenvalue weighted by atomic mass is 16.5. The standard InChI is InChI=1S/C18H21N3O6/c1-4-18(3)16(25)21(17(26)20-18)9-15(24)27-10-14(23)12-5-7-13(8-6-12)19-11(2)22/h5-8H,4,9-10H2,1-3H3,(H,19,22)(H,20,26)/t18-/m0/s1. The number of Topliss-reactive ketones (excluding diaryl/α,β-unsaturated/α-hetero) is 1. The number of imide groups is 1. The first kappa shape index (κ1) is 20.1. The van der Waals surface area contributed by atoms with Crippen molar-refractivity contribution in [1.82, 2.24) is 10.2 Å². The van der Waals surface area contributed by atoms with E-state index in [0.717, 1.165) is 4.90 Å². The van der Waals surface area contributed by atoms with E-state index in [1.54, 1.807) is 26.0 Å². The maximum Gasteiger partial charge on any atom is 0.326 e. The molecule has 0 radical (unpaired) electrons. The SMILES string of the molecule is CC[C@]1(C)NC(=O)N(CC(=O)OCC(=O)c2ccc(NC(C)=O)cc2)C1=O. The van der Waals surface area contributed by atoms with Gasteiger partial charge in [0.15, 0.2) is 12.4 Å². The predicted molar refractivity (Wildman–Crippen MR) is 95.0 cm³/mol. The zero-order chi connectivity index (χ0) is 20.2. The van der Waals surface area contributed by atoms with Crippen molar-refractivity contribution in [1.29, 1.82) is 0 Å². The Morgan fingerprint density at radius 1 is 1.19 bits per heavy atom. The van der Waals surface area contributed by atoms with Gasteiger partial charge in [0.25, 0.3) is 5.91 Å². The Morgan fingerprint density at radius 3 is 2.33 bits per heavy atom. The average Bonchev–Trinajstić information content (AvgIpc) is 2.83. The van der Waals surface area contributed by atoms with Gasteiger partial charge in [0.2, 0.25) is 5.91 Å². The third-order valence-corrected chi connectivity index (χ3v) is 4.23. The fourth-order valence-corrected chi connectivity index (χ4v) is 2.48. The van der Waals surface area contributed by atoms with Gasteiger partial charge in [0.1, 0.15) is 12.1 Å².